The number of azo groups is 1. The second-order valence-corrected chi connectivity index (χ2v) is 8.85. The van der Waals surface area contributed by atoms with Gasteiger partial charge in [-0.25, -0.2) is 0 Å². The van der Waals surface area contributed by atoms with Crippen molar-refractivity contribution >= 4 is 11.4 Å². The largest absolute Gasteiger partial charge is 0.494 e. The van der Waals surface area contributed by atoms with Crippen LogP contribution in [0.5, 0.6) is 5.75 Å². The Kier molecular flexibility index (Phi) is 8.13. The Labute approximate surface area is 203 Å². The lowest BCUT2D eigenvalue weighted by Crippen LogP contribution is -2.10. The molecule has 1 aliphatic heterocycles. The highest BCUT2D eigenvalue weighted by molar-refractivity contribution is 5.71. The maximum absolute atomic E-state index is 5.75. The molecule has 3 aromatic carbocycles. The Morgan fingerprint density at radius 2 is 1.71 bits per heavy atom. The highest BCUT2D eigenvalue weighted by Gasteiger charge is 2.28. The molecule has 1 aliphatic rings. The molecule has 0 amide bonds. The molecule has 1 heterocycles. The van der Waals surface area contributed by atoms with Crippen LogP contribution in [0.25, 0.3) is 5.70 Å². The molecule has 0 aromatic heterocycles. The first-order valence-electron chi connectivity index (χ1n) is 12.5. The zero-order valence-electron chi connectivity index (χ0n) is 20.6. The Bertz CT molecular complexity index is 1130. The molecule has 1 N–H and O–H groups in total. The van der Waals surface area contributed by atoms with Gasteiger partial charge in [0, 0.05) is 12.5 Å². The molecule has 0 spiro atoms. The molecule has 4 nitrogen and oxygen atoms in total. The van der Waals surface area contributed by atoms with Crippen molar-refractivity contribution in [2.75, 3.05) is 13.2 Å². The summed E-state index contributed by atoms with van der Waals surface area (Å²) in [4.78, 5) is 0. The van der Waals surface area contributed by atoms with E-state index in [1.165, 1.54) is 29.5 Å². The monoisotopic (exact) mass is 453 g/mol. The van der Waals surface area contributed by atoms with Crippen LogP contribution in [0, 0.1) is 6.92 Å². The lowest BCUT2D eigenvalue weighted by atomic mass is 9.95. The van der Waals surface area contributed by atoms with Crippen LogP contribution in [0.3, 0.4) is 0 Å². The third-order valence-electron chi connectivity index (χ3n) is 6.29. The van der Waals surface area contributed by atoms with E-state index in [0.29, 0.717) is 6.61 Å². The van der Waals surface area contributed by atoms with E-state index in [-0.39, 0.29) is 5.92 Å². The zero-order chi connectivity index (χ0) is 23.8. The van der Waals surface area contributed by atoms with Gasteiger partial charge in [-0.3, -0.25) is 0 Å². The van der Waals surface area contributed by atoms with E-state index in [0.717, 1.165) is 47.8 Å². The standard InChI is InChI=1S/C30H35N3O/c1-4-6-8-13-25-20-26(34-5-2)18-19-28(25)32-33-30-27(23-16-14-22(3)15-17-23)21-31-29(30)24-11-9-7-10-12-24/h7,9-12,14-20,27,31H,4-6,8,13,21H2,1-3H3. The van der Waals surface area contributed by atoms with Gasteiger partial charge in [-0.15, -0.1) is 0 Å². The summed E-state index contributed by atoms with van der Waals surface area (Å²) in [7, 11) is 0. The van der Waals surface area contributed by atoms with Gasteiger partial charge in [-0.05, 0) is 61.6 Å². The fourth-order valence-corrected chi connectivity index (χ4v) is 4.40. The summed E-state index contributed by atoms with van der Waals surface area (Å²) in [5.41, 5.74) is 7.83. The van der Waals surface area contributed by atoms with E-state index in [4.69, 9.17) is 15.0 Å². The predicted molar refractivity (Wildman–Crippen MR) is 141 cm³/mol. The van der Waals surface area contributed by atoms with Crippen LogP contribution in [-0.4, -0.2) is 13.2 Å². The molecule has 176 valence electrons. The minimum Gasteiger partial charge on any atom is -0.494 e. The molecule has 0 saturated heterocycles. The highest BCUT2D eigenvalue weighted by atomic mass is 16.5. The van der Waals surface area contributed by atoms with Crippen molar-refractivity contribution in [2.45, 2.75) is 52.4 Å². The smallest absolute Gasteiger partial charge is 0.119 e. The highest BCUT2D eigenvalue weighted by Crippen LogP contribution is 2.37. The van der Waals surface area contributed by atoms with Gasteiger partial charge in [0.25, 0.3) is 0 Å². The first-order chi connectivity index (χ1) is 16.7. The molecule has 0 bridgehead atoms. The van der Waals surface area contributed by atoms with Gasteiger partial charge >= 0.3 is 0 Å². The van der Waals surface area contributed by atoms with Crippen molar-refractivity contribution < 1.29 is 4.74 Å². The quantitative estimate of drug-likeness (QED) is 0.250. The lowest BCUT2D eigenvalue weighted by molar-refractivity contribution is 0.340. The molecule has 0 aliphatic carbocycles. The zero-order valence-corrected chi connectivity index (χ0v) is 20.6. The minimum atomic E-state index is 0.158. The molecule has 3 aromatic rings. The Balaban J connectivity index is 1.71. The predicted octanol–water partition coefficient (Wildman–Crippen LogP) is 7.97. The number of rotatable bonds is 10. The number of benzene rings is 3. The Hall–Kier alpha value is -3.40. The van der Waals surface area contributed by atoms with Crippen molar-refractivity contribution in [3.63, 3.8) is 0 Å². The van der Waals surface area contributed by atoms with Crippen LogP contribution in [0.2, 0.25) is 0 Å². The molecular weight excluding hydrogens is 418 g/mol. The average molecular weight is 454 g/mol. The van der Waals surface area contributed by atoms with Crippen molar-refractivity contribution in [1.82, 2.24) is 5.32 Å². The van der Waals surface area contributed by atoms with Gasteiger partial charge in [-0.2, -0.15) is 10.2 Å². The number of aryl methyl sites for hydroxylation is 2. The molecule has 34 heavy (non-hydrogen) atoms. The van der Waals surface area contributed by atoms with E-state index >= 15 is 0 Å². The number of ether oxygens (including phenoxy) is 1. The second kappa shape index (κ2) is 11.6. The second-order valence-electron chi connectivity index (χ2n) is 8.85. The SMILES string of the molecule is CCCCCc1cc(OCC)ccc1N=NC1=C(c2ccccc2)NCC1c1ccc(C)cc1. The third kappa shape index (κ3) is 5.74. The first kappa shape index (κ1) is 23.7. The Morgan fingerprint density at radius 1 is 0.912 bits per heavy atom. The fraction of sp³-hybridized carbons (Fsp3) is 0.333. The summed E-state index contributed by atoms with van der Waals surface area (Å²) in [5, 5.41) is 13.3. The van der Waals surface area contributed by atoms with Crippen LogP contribution in [0.15, 0.2) is 88.7 Å². The van der Waals surface area contributed by atoms with Gasteiger partial charge in [0.1, 0.15) is 5.75 Å². The summed E-state index contributed by atoms with van der Waals surface area (Å²) >= 11 is 0. The number of hydrogen-bond donors (Lipinski definition) is 1. The molecule has 4 rings (SSSR count). The number of unbranched alkanes of at least 4 members (excludes halogenated alkanes) is 2. The van der Waals surface area contributed by atoms with Crippen LogP contribution < -0.4 is 10.1 Å². The van der Waals surface area contributed by atoms with E-state index in [1.54, 1.807) is 0 Å². The molecule has 1 unspecified atom stereocenters. The van der Waals surface area contributed by atoms with Crippen LogP contribution in [0.4, 0.5) is 5.69 Å². The Morgan fingerprint density at radius 3 is 2.44 bits per heavy atom. The molecule has 0 radical (unpaired) electrons. The van der Waals surface area contributed by atoms with E-state index < -0.39 is 0 Å². The molecule has 4 heteroatoms. The first-order valence-corrected chi connectivity index (χ1v) is 12.5. The van der Waals surface area contributed by atoms with Crippen LogP contribution >= 0.6 is 0 Å². The van der Waals surface area contributed by atoms with Gasteiger partial charge in [0.05, 0.1) is 23.7 Å². The lowest BCUT2D eigenvalue weighted by Gasteiger charge is -2.12. The number of nitrogens with zero attached hydrogens (tertiary/aromatic N) is 2. The summed E-state index contributed by atoms with van der Waals surface area (Å²) in [6, 6.07) is 25.4. The summed E-state index contributed by atoms with van der Waals surface area (Å²) in [6.45, 7) is 7.84. The van der Waals surface area contributed by atoms with Crippen LogP contribution in [-0.2, 0) is 6.42 Å². The fourth-order valence-electron chi connectivity index (χ4n) is 4.40. The average Bonchev–Trinajstić information content (AvgIpc) is 3.29. The molecule has 0 fully saturated rings. The molecular formula is C30H35N3O. The van der Waals surface area contributed by atoms with Gasteiger partial charge in [0.15, 0.2) is 0 Å². The van der Waals surface area contributed by atoms with E-state index in [1.807, 2.05) is 25.1 Å². The van der Waals surface area contributed by atoms with Gasteiger partial charge in [0.2, 0.25) is 0 Å². The topological polar surface area (TPSA) is 46.0 Å². The number of nitrogens with one attached hydrogen (secondary N) is 1. The van der Waals surface area contributed by atoms with Gasteiger partial charge < -0.3 is 10.1 Å². The van der Waals surface area contributed by atoms with E-state index in [2.05, 4.69) is 73.8 Å². The third-order valence-corrected chi connectivity index (χ3v) is 6.29. The van der Waals surface area contributed by atoms with Crippen molar-refractivity contribution in [1.29, 1.82) is 0 Å². The summed E-state index contributed by atoms with van der Waals surface area (Å²) in [6.07, 6.45) is 4.52. The maximum Gasteiger partial charge on any atom is 0.119 e. The van der Waals surface area contributed by atoms with Crippen LogP contribution in [0.1, 0.15) is 61.3 Å². The number of hydrogen-bond acceptors (Lipinski definition) is 4. The van der Waals surface area contributed by atoms with E-state index in [9.17, 15) is 0 Å². The molecule has 0 saturated carbocycles. The van der Waals surface area contributed by atoms with Crippen molar-refractivity contribution in [3.05, 3.63) is 101 Å². The van der Waals surface area contributed by atoms with Gasteiger partial charge in [-0.1, -0.05) is 79.9 Å². The molecule has 1 atom stereocenters. The van der Waals surface area contributed by atoms with Crippen molar-refractivity contribution in [2.24, 2.45) is 10.2 Å². The summed E-state index contributed by atoms with van der Waals surface area (Å²) < 4.78 is 5.75. The maximum atomic E-state index is 5.75. The van der Waals surface area contributed by atoms with Crippen molar-refractivity contribution in [3.8, 4) is 5.75 Å². The normalized spacial score (nSPS) is 15.7. The summed E-state index contributed by atoms with van der Waals surface area (Å²) in [5.74, 6) is 1.06. The minimum absolute atomic E-state index is 0.158.